The fourth-order valence-corrected chi connectivity index (χ4v) is 4.70. The lowest BCUT2D eigenvalue weighted by atomic mass is 9.82. The first-order chi connectivity index (χ1) is 20.0. The number of carbonyl (C=O) groups excluding carboxylic acids is 1. The van der Waals surface area contributed by atoms with Gasteiger partial charge in [-0.2, -0.15) is 13.2 Å². The Morgan fingerprint density at radius 1 is 1.14 bits per heavy atom. The molecule has 8 nitrogen and oxygen atoms in total. The van der Waals surface area contributed by atoms with Crippen LogP contribution in [0.2, 0.25) is 0 Å². The molecule has 2 heterocycles. The molecular formula is C30H33F4N3O5. The number of halogens is 4. The van der Waals surface area contributed by atoms with Crippen molar-refractivity contribution in [2.75, 3.05) is 47.1 Å². The van der Waals surface area contributed by atoms with Crippen LogP contribution in [0.5, 0.6) is 17.2 Å². The van der Waals surface area contributed by atoms with Gasteiger partial charge in [0, 0.05) is 29.2 Å². The Balaban J connectivity index is 1.71. The van der Waals surface area contributed by atoms with E-state index < -0.39 is 29.9 Å². The summed E-state index contributed by atoms with van der Waals surface area (Å²) >= 11 is 0. The predicted octanol–water partition coefficient (Wildman–Crippen LogP) is 4.60. The fourth-order valence-electron chi connectivity index (χ4n) is 4.70. The average molecular weight is 592 g/mol. The Morgan fingerprint density at radius 3 is 2.52 bits per heavy atom. The molecule has 1 aromatic heterocycles. The van der Waals surface area contributed by atoms with E-state index in [0.29, 0.717) is 29.8 Å². The fraction of sp³-hybridized carbons (Fsp3) is 0.400. The molecular weight excluding hydrogens is 558 g/mol. The first-order valence-corrected chi connectivity index (χ1v) is 13.4. The van der Waals surface area contributed by atoms with Gasteiger partial charge in [0.2, 0.25) is 0 Å². The van der Waals surface area contributed by atoms with Crippen LogP contribution < -0.4 is 24.8 Å². The number of aromatic nitrogens is 1. The number of nitrogens with zero attached hydrogens (tertiary/aromatic N) is 1. The second kappa shape index (κ2) is 13.0. The summed E-state index contributed by atoms with van der Waals surface area (Å²) in [5, 5.41) is 14.4. The van der Waals surface area contributed by atoms with E-state index in [1.165, 1.54) is 55.6 Å². The number of alkyl halides is 3. The molecule has 42 heavy (non-hydrogen) atoms. The summed E-state index contributed by atoms with van der Waals surface area (Å²) in [5.74, 6) is -0.602. The van der Waals surface area contributed by atoms with Crippen LogP contribution in [0.1, 0.15) is 40.9 Å². The second-order valence-electron chi connectivity index (χ2n) is 10.1. The lowest BCUT2D eigenvalue weighted by molar-refractivity contribution is -0.184. The van der Waals surface area contributed by atoms with Gasteiger partial charge in [-0.15, -0.1) is 0 Å². The Kier molecular flexibility index (Phi) is 9.57. The SMILES string of the molecule is CNCCC1COc2c1cc(C(C)(CNC(=O)c1ccc(OCCO)c(OC)c1)C(F)(F)F)nc2-c1ccc(F)cc1. The predicted molar refractivity (Wildman–Crippen MR) is 148 cm³/mol. The molecule has 0 saturated heterocycles. The van der Waals surface area contributed by atoms with E-state index in [4.69, 9.17) is 19.3 Å². The zero-order valence-corrected chi connectivity index (χ0v) is 23.5. The highest BCUT2D eigenvalue weighted by Gasteiger charge is 2.54. The molecule has 1 aliphatic rings. The van der Waals surface area contributed by atoms with E-state index in [2.05, 4.69) is 15.6 Å². The zero-order chi connectivity index (χ0) is 30.5. The largest absolute Gasteiger partial charge is 0.493 e. The van der Waals surface area contributed by atoms with E-state index in [1.807, 2.05) is 0 Å². The quantitative estimate of drug-likeness (QED) is 0.265. The normalized spacial score (nSPS) is 15.9. The molecule has 12 heteroatoms. The number of amides is 1. The van der Waals surface area contributed by atoms with Gasteiger partial charge in [-0.25, -0.2) is 9.37 Å². The highest BCUT2D eigenvalue weighted by Crippen LogP contribution is 2.47. The van der Waals surface area contributed by atoms with Crippen molar-refractivity contribution in [2.45, 2.75) is 30.9 Å². The van der Waals surface area contributed by atoms with E-state index in [-0.39, 0.29) is 54.2 Å². The molecule has 3 N–H and O–H groups in total. The van der Waals surface area contributed by atoms with Crippen LogP contribution in [0.4, 0.5) is 17.6 Å². The third-order valence-corrected chi connectivity index (χ3v) is 7.30. The molecule has 4 rings (SSSR count). The van der Waals surface area contributed by atoms with Crippen molar-refractivity contribution in [1.82, 2.24) is 15.6 Å². The topological polar surface area (TPSA) is 102 Å². The minimum atomic E-state index is -4.80. The third kappa shape index (κ3) is 6.44. The number of hydrogen-bond donors (Lipinski definition) is 3. The van der Waals surface area contributed by atoms with Crippen molar-refractivity contribution in [3.63, 3.8) is 0 Å². The molecule has 226 valence electrons. The molecule has 0 bridgehead atoms. The first-order valence-electron chi connectivity index (χ1n) is 13.4. The number of nitrogens with one attached hydrogen (secondary N) is 2. The van der Waals surface area contributed by atoms with Crippen molar-refractivity contribution in [2.24, 2.45) is 0 Å². The molecule has 2 atom stereocenters. The van der Waals surface area contributed by atoms with E-state index >= 15 is 0 Å². The number of benzene rings is 2. The van der Waals surface area contributed by atoms with Gasteiger partial charge >= 0.3 is 6.18 Å². The average Bonchev–Trinajstić information content (AvgIpc) is 3.39. The van der Waals surface area contributed by atoms with Crippen molar-refractivity contribution in [3.8, 4) is 28.5 Å². The number of pyridine rings is 1. The summed E-state index contributed by atoms with van der Waals surface area (Å²) in [4.78, 5) is 17.4. The van der Waals surface area contributed by atoms with Gasteiger partial charge < -0.3 is 30.0 Å². The molecule has 0 radical (unpaired) electrons. The summed E-state index contributed by atoms with van der Waals surface area (Å²) in [5.41, 5.74) is -1.65. The van der Waals surface area contributed by atoms with Gasteiger partial charge in [0.05, 0.1) is 26.0 Å². The summed E-state index contributed by atoms with van der Waals surface area (Å²) in [6.45, 7) is 0.842. The number of rotatable bonds is 12. The number of hydrogen-bond acceptors (Lipinski definition) is 7. The van der Waals surface area contributed by atoms with E-state index in [1.54, 1.807) is 7.05 Å². The zero-order valence-electron chi connectivity index (χ0n) is 23.5. The molecule has 1 amide bonds. The number of aliphatic hydroxyl groups is 1. The van der Waals surface area contributed by atoms with Crippen LogP contribution in [0.15, 0.2) is 48.5 Å². The maximum absolute atomic E-state index is 14.8. The van der Waals surface area contributed by atoms with Crippen LogP contribution in [0, 0.1) is 5.82 Å². The van der Waals surface area contributed by atoms with Crippen LogP contribution in [0.25, 0.3) is 11.3 Å². The van der Waals surface area contributed by atoms with Gasteiger partial charge in [-0.05, 0) is 75.5 Å². The lowest BCUT2D eigenvalue weighted by Gasteiger charge is -2.32. The molecule has 0 saturated carbocycles. The minimum absolute atomic E-state index is 0.000379. The molecule has 2 aromatic carbocycles. The van der Waals surface area contributed by atoms with Gasteiger partial charge in [-0.1, -0.05) is 0 Å². The standard InChI is InChI=1S/C30H33F4N3O5/c1-29(30(32,33)34,17-36-28(39)19-6-9-23(41-13-12-38)24(14-19)40-3)25-15-22-20(10-11-35-2)16-42-27(22)26(37-25)18-4-7-21(31)8-5-18/h4-9,14-15,20,35,38H,10-13,16-17H2,1-3H3,(H,36,39). The second-order valence-corrected chi connectivity index (χ2v) is 10.1. The Hall–Kier alpha value is -3.90. The minimum Gasteiger partial charge on any atom is -0.493 e. The molecule has 3 aromatic rings. The number of ether oxygens (including phenoxy) is 3. The Labute approximate surface area is 241 Å². The number of aliphatic hydroxyl groups excluding tert-OH is 1. The highest BCUT2D eigenvalue weighted by molar-refractivity contribution is 5.95. The summed E-state index contributed by atoms with van der Waals surface area (Å²) < 4.78 is 74.7. The molecule has 1 aliphatic heterocycles. The van der Waals surface area contributed by atoms with Crippen LogP contribution in [0.3, 0.4) is 0 Å². The van der Waals surface area contributed by atoms with Gasteiger partial charge in [-0.3, -0.25) is 4.79 Å². The molecule has 2 unspecified atom stereocenters. The Bertz CT molecular complexity index is 1400. The van der Waals surface area contributed by atoms with Crippen molar-refractivity contribution in [1.29, 1.82) is 0 Å². The molecule has 0 spiro atoms. The van der Waals surface area contributed by atoms with Crippen LogP contribution in [-0.2, 0) is 5.41 Å². The van der Waals surface area contributed by atoms with E-state index in [9.17, 15) is 22.4 Å². The maximum Gasteiger partial charge on any atom is 0.401 e. The van der Waals surface area contributed by atoms with Crippen molar-refractivity contribution < 1.29 is 41.7 Å². The molecule has 0 fully saturated rings. The summed E-state index contributed by atoms with van der Waals surface area (Å²) in [6.07, 6.45) is -4.18. The number of carbonyl (C=O) groups is 1. The highest BCUT2D eigenvalue weighted by atomic mass is 19.4. The maximum atomic E-state index is 14.8. The molecule has 0 aliphatic carbocycles. The summed E-state index contributed by atoms with van der Waals surface area (Å²) in [7, 11) is 3.14. The third-order valence-electron chi connectivity index (χ3n) is 7.30. The van der Waals surface area contributed by atoms with Gasteiger partial charge in [0.25, 0.3) is 5.91 Å². The first kappa shape index (κ1) is 31.0. The van der Waals surface area contributed by atoms with Gasteiger partial charge in [0.1, 0.15) is 29.3 Å². The van der Waals surface area contributed by atoms with Crippen molar-refractivity contribution >= 4 is 5.91 Å². The summed E-state index contributed by atoms with van der Waals surface area (Å²) in [6, 6.07) is 10.9. The van der Waals surface area contributed by atoms with Crippen molar-refractivity contribution in [3.05, 3.63) is 71.2 Å². The lowest BCUT2D eigenvalue weighted by Crippen LogP contribution is -2.49. The Morgan fingerprint density at radius 2 is 1.88 bits per heavy atom. The number of fused-ring (bicyclic) bond motifs is 1. The smallest absolute Gasteiger partial charge is 0.401 e. The van der Waals surface area contributed by atoms with Crippen LogP contribution >= 0.6 is 0 Å². The van der Waals surface area contributed by atoms with E-state index in [0.717, 1.165) is 6.92 Å². The van der Waals surface area contributed by atoms with Crippen LogP contribution in [-0.4, -0.2) is 69.2 Å². The number of methoxy groups -OCH3 is 1. The van der Waals surface area contributed by atoms with Gasteiger partial charge in [0.15, 0.2) is 11.5 Å². The monoisotopic (exact) mass is 591 g/mol.